The molecule has 23 heavy (non-hydrogen) atoms. The summed E-state index contributed by atoms with van der Waals surface area (Å²) in [5.41, 5.74) is 9.34. The molecule has 0 aliphatic carbocycles. The van der Waals surface area contributed by atoms with Gasteiger partial charge in [0.2, 0.25) is 5.13 Å². The first-order valence-electron chi connectivity index (χ1n) is 7.23. The third-order valence-corrected chi connectivity index (χ3v) is 4.24. The zero-order chi connectivity index (χ0) is 16.7. The lowest BCUT2D eigenvalue weighted by Gasteiger charge is -2.14. The zero-order valence-electron chi connectivity index (χ0n) is 13.0. The normalized spacial score (nSPS) is 10.9. The molecule has 1 heterocycles. The minimum Gasteiger partial charge on any atom is -0.490 e. The molecule has 1 aromatic carbocycles. The molecule has 2 aromatic rings. The van der Waals surface area contributed by atoms with E-state index in [1.807, 2.05) is 19.1 Å². The van der Waals surface area contributed by atoms with Crippen molar-refractivity contribution in [2.24, 2.45) is 5.10 Å². The highest BCUT2D eigenvalue weighted by molar-refractivity contribution is 14.1. The lowest BCUT2D eigenvalue weighted by Crippen LogP contribution is -2.03. The standard InChI is InChI=1S/C15H19IN4O2S/c1-3-5-22-14-11(16)6-10(7-12(14)21-4-2)8-18-20-15-19-13(17)9-23-15/h6-9H,3-5,17H2,1-2H3,(H,19,20). The number of hydrogen-bond donors (Lipinski definition) is 2. The highest BCUT2D eigenvalue weighted by Crippen LogP contribution is 2.34. The number of benzene rings is 1. The van der Waals surface area contributed by atoms with Crippen LogP contribution in [0.25, 0.3) is 0 Å². The number of hydrogen-bond acceptors (Lipinski definition) is 7. The van der Waals surface area contributed by atoms with Crippen LogP contribution >= 0.6 is 33.9 Å². The molecule has 0 aliphatic heterocycles. The van der Waals surface area contributed by atoms with E-state index >= 15 is 0 Å². The molecule has 0 amide bonds. The summed E-state index contributed by atoms with van der Waals surface area (Å²) >= 11 is 3.65. The molecule has 0 unspecified atom stereocenters. The van der Waals surface area contributed by atoms with Crippen LogP contribution in [0.15, 0.2) is 22.6 Å². The van der Waals surface area contributed by atoms with Crippen molar-refractivity contribution in [3.63, 3.8) is 0 Å². The molecule has 8 heteroatoms. The van der Waals surface area contributed by atoms with E-state index in [1.54, 1.807) is 11.6 Å². The molecule has 0 spiro atoms. The molecule has 0 radical (unpaired) electrons. The van der Waals surface area contributed by atoms with Gasteiger partial charge in [0, 0.05) is 5.38 Å². The molecule has 0 fully saturated rings. The smallest absolute Gasteiger partial charge is 0.205 e. The first-order valence-corrected chi connectivity index (χ1v) is 9.19. The van der Waals surface area contributed by atoms with Gasteiger partial charge in [0.15, 0.2) is 11.5 Å². The van der Waals surface area contributed by atoms with Crippen molar-refractivity contribution < 1.29 is 9.47 Å². The van der Waals surface area contributed by atoms with E-state index in [4.69, 9.17) is 15.2 Å². The van der Waals surface area contributed by atoms with Gasteiger partial charge in [0.1, 0.15) is 5.82 Å². The average molecular weight is 446 g/mol. The quantitative estimate of drug-likeness (QED) is 0.365. The molecule has 2 rings (SSSR count). The van der Waals surface area contributed by atoms with Gasteiger partial charge in [-0.05, 0) is 53.6 Å². The summed E-state index contributed by atoms with van der Waals surface area (Å²) in [5, 5.41) is 6.59. The van der Waals surface area contributed by atoms with Crippen molar-refractivity contribution in [3.8, 4) is 11.5 Å². The van der Waals surface area contributed by atoms with Crippen LogP contribution in [0.5, 0.6) is 11.5 Å². The molecule has 0 atom stereocenters. The van der Waals surface area contributed by atoms with Crippen LogP contribution in [0.2, 0.25) is 0 Å². The Bertz CT molecular complexity index is 675. The number of aromatic nitrogens is 1. The molecule has 124 valence electrons. The fraction of sp³-hybridized carbons (Fsp3) is 0.333. The van der Waals surface area contributed by atoms with Crippen molar-refractivity contribution in [3.05, 3.63) is 26.6 Å². The van der Waals surface area contributed by atoms with Crippen LogP contribution in [-0.2, 0) is 0 Å². The summed E-state index contributed by atoms with van der Waals surface area (Å²) < 4.78 is 12.5. The minimum atomic E-state index is 0.485. The number of rotatable bonds is 8. The average Bonchev–Trinajstić information content (AvgIpc) is 2.92. The first-order chi connectivity index (χ1) is 11.1. The number of halogens is 1. The topological polar surface area (TPSA) is 81.8 Å². The Hall–Kier alpha value is -1.55. The zero-order valence-corrected chi connectivity index (χ0v) is 16.0. The summed E-state index contributed by atoms with van der Waals surface area (Å²) in [4.78, 5) is 4.08. The fourth-order valence-electron chi connectivity index (χ4n) is 1.77. The van der Waals surface area contributed by atoms with Crippen molar-refractivity contribution in [1.82, 2.24) is 4.98 Å². The number of nitrogen functional groups attached to an aromatic ring is 1. The van der Waals surface area contributed by atoms with Crippen molar-refractivity contribution in [2.75, 3.05) is 24.4 Å². The largest absolute Gasteiger partial charge is 0.490 e. The van der Waals surface area contributed by atoms with Gasteiger partial charge in [-0.3, -0.25) is 5.43 Å². The molecular weight excluding hydrogens is 427 g/mol. The summed E-state index contributed by atoms with van der Waals surface area (Å²) in [6.07, 6.45) is 2.66. The van der Waals surface area contributed by atoms with E-state index in [-0.39, 0.29) is 0 Å². The van der Waals surface area contributed by atoms with Gasteiger partial charge in [-0.15, -0.1) is 11.3 Å². The van der Waals surface area contributed by atoms with Crippen LogP contribution in [0.4, 0.5) is 10.9 Å². The maximum Gasteiger partial charge on any atom is 0.205 e. The van der Waals surface area contributed by atoms with Gasteiger partial charge in [-0.2, -0.15) is 5.10 Å². The van der Waals surface area contributed by atoms with E-state index in [0.29, 0.717) is 24.2 Å². The van der Waals surface area contributed by atoms with E-state index in [1.165, 1.54) is 11.3 Å². The van der Waals surface area contributed by atoms with E-state index in [0.717, 1.165) is 27.1 Å². The van der Waals surface area contributed by atoms with Gasteiger partial charge in [-0.25, -0.2) is 4.98 Å². The molecule has 0 aliphatic rings. The summed E-state index contributed by atoms with van der Waals surface area (Å²) in [5.74, 6) is 2.00. The fourth-order valence-corrected chi connectivity index (χ4v) is 3.10. The predicted octanol–water partition coefficient (Wildman–Crippen LogP) is 3.96. The second-order valence-corrected chi connectivity index (χ2v) is 6.58. The Labute approximate surface area is 153 Å². The first kappa shape index (κ1) is 17.8. The predicted molar refractivity (Wildman–Crippen MR) is 104 cm³/mol. The number of nitrogens with two attached hydrogens (primary N) is 1. The summed E-state index contributed by atoms with van der Waals surface area (Å²) in [6.45, 7) is 5.27. The Morgan fingerprint density at radius 2 is 2.22 bits per heavy atom. The number of hydrazone groups is 1. The second kappa shape index (κ2) is 8.92. The highest BCUT2D eigenvalue weighted by Gasteiger charge is 2.11. The van der Waals surface area contributed by atoms with Crippen LogP contribution < -0.4 is 20.6 Å². The Kier molecular flexibility index (Phi) is 6.90. The minimum absolute atomic E-state index is 0.485. The third kappa shape index (κ3) is 5.24. The maximum atomic E-state index is 5.79. The van der Waals surface area contributed by atoms with Crippen molar-refractivity contribution in [2.45, 2.75) is 20.3 Å². The lowest BCUT2D eigenvalue weighted by atomic mass is 10.2. The molecule has 0 saturated heterocycles. The lowest BCUT2D eigenvalue weighted by molar-refractivity contribution is 0.275. The van der Waals surface area contributed by atoms with E-state index in [2.05, 4.69) is 45.0 Å². The number of thiazole rings is 1. The SMILES string of the molecule is CCCOc1c(I)cc(C=NNc2nc(N)cs2)cc1OCC. The number of nitrogens with one attached hydrogen (secondary N) is 1. The van der Waals surface area contributed by atoms with Gasteiger partial charge in [-0.1, -0.05) is 6.92 Å². The van der Waals surface area contributed by atoms with Crippen LogP contribution in [0, 0.1) is 3.57 Å². The number of anilines is 2. The Balaban J connectivity index is 2.15. The Morgan fingerprint density at radius 3 is 2.87 bits per heavy atom. The van der Waals surface area contributed by atoms with Crippen LogP contribution in [-0.4, -0.2) is 24.4 Å². The molecule has 3 N–H and O–H groups in total. The molecule has 0 saturated carbocycles. The maximum absolute atomic E-state index is 5.79. The summed E-state index contributed by atoms with van der Waals surface area (Å²) in [6, 6.07) is 3.91. The Morgan fingerprint density at radius 1 is 1.39 bits per heavy atom. The van der Waals surface area contributed by atoms with Gasteiger partial charge >= 0.3 is 0 Å². The van der Waals surface area contributed by atoms with Gasteiger partial charge in [0.05, 0.1) is 23.0 Å². The van der Waals surface area contributed by atoms with Crippen LogP contribution in [0.3, 0.4) is 0 Å². The van der Waals surface area contributed by atoms with Crippen LogP contribution in [0.1, 0.15) is 25.8 Å². The van der Waals surface area contributed by atoms with Crippen molar-refractivity contribution in [1.29, 1.82) is 0 Å². The summed E-state index contributed by atoms with van der Waals surface area (Å²) in [7, 11) is 0. The molecular formula is C15H19IN4O2S. The number of nitrogens with zero attached hydrogens (tertiary/aromatic N) is 2. The van der Waals surface area contributed by atoms with Gasteiger partial charge in [0.25, 0.3) is 0 Å². The van der Waals surface area contributed by atoms with E-state index < -0.39 is 0 Å². The molecule has 6 nitrogen and oxygen atoms in total. The van der Waals surface area contributed by atoms with Crippen molar-refractivity contribution >= 4 is 51.1 Å². The highest BCUT2D eigenvalue weighted by atomic mass is 127. The third-order valence-electron chi connectivity index (χ3n) is 2.68. The second-order valence-electron chi connectivity index (χ2n) is 4.56. The van der Waals surface area contributed by atoms with Gasteiger partial charge < -0.3 is 15.2 Å². The monoisotopic (exact) mass is 446 g/mol. The number of ether oxygens (including phenoxy) is 2. The molecule has 1 aromatic heterocycles. The van der Waals surface area contributed by atoms with E-state index in [9.17, 15) is 0 Å². The molecule has 0 bridgehead atoms.